The van der Waals surface area contributed by atoms with E-state index in [0.29, 0.717) is 18.2 Å². The molecule has 0 saturated carbocycles. The van der Waals surface area contributed by atoms with E-state index in [9.17, 15) is 0 Å². The second-order valence-corrected chi connectivity index (χ2v) is 6.48. The van der Waals surface area contributed by atoms with Gasteiger partial charge in [-0.25, -0.2) is 0 Å². The summed E-state index contributed by atoms with van der Waals surface area (Å²) >= 11 is 0. The van der Waals surface area contributed by atoms with Crippen LogP contribution in [-0.2, 0) is 4.74 Å². The normalized spacial score (nSPS) is 12.8. The van der Waals surface area contributed by atoms with Crippen LogP contribution in [0.4, 0.5) is 0 Å². The van der Waals surface area contributed by atoms with Crippen molar-refractivity contribution in [2.24, 2.45) is 4.99 Å². The highest BCUT2D eigenvalue weighted by Crippen LogP contribution is 2.05. The highest BCUT2D eigenvalue weighted by Gasteiger charge is 2.12. The van der Waals surface area contributed by atoms with Crippen LogP contribution < -0.4 is 10.6 Å². The van der Waals surface area contributed by atoms with Crippen LogP contribution in [0, 0.1) is 0 Å². The van der Waals surface area contributed by atoms with Crippen LogP contribution in [0.15, 0.2) is 4.99 Å². The molecule has 0 heterocycles. The minimum Gasteiger partial charge on any atom is -0.379 e. The van der Waals surface area contributed by atoms with Crippen LogP contribution in [0.5, 0.6) is 0 Å². The van der Waals surface area contributed by atoms with Crippen molar-refractivity contribution in [3.05, 3.63) is 0 Å². The number of nitrogens with zero attached hydrogens (tertiary/aromatic N) is 2. The summed E-state index contributed by atoms with van der Waals surface area (Å²) in [6.45, 7) is 16.9. The molecule has 0 fully saturated rings. The van der Waals surface area contributed by atoms with Gasteiger partial charge in [0.2, 0.25) is 0 Å². The number of hydrogen-bond donors (Lipinski definition) is 2. The molecule has 0 saturated heterocycles. The Hall–Kier alpha value is -0.810. The lowest BCUT2D eigenvalue weighted by Crippen LogP contribution is -2.41. The molecule has 5 nitrogen and oxygen atoms in total. The molecule has 0 bridgehead atoms. The SMILES string of the molecule is CN=C(NCCCOC(C)C)NCCCN(C(C)C)C(C)C. The third-order valence-corrected chi connectivity index (χ3v) is 3.50. The second-order valence-electron chi connectivity index (χ2n) is 6.48. The van der Waals surface area contributed by atoms with Crippen molar-refractivity contribution in [3.8, 4) is 0 Å². The molecule has 0 aliphatic heterocycles. The predicted molar refractivity (Wildman–Crippen MR) is 96.7 cm³/mol. The topological polar surface area (TPSA) is 48.9 Å². The van der Waals surface area contributed by atoms with Gasteiger partial charge in [0.25, 0.3) is 0 Å². The second kappa shape index (κ2) is 12.7. The highest BCUT2D eigenvalue weighted by atomic mass is 16.5. The molecule has 0 radical (unpaired) electrons. The summed E-state index contributed by atoms with van der Waals surface area (Å²) in [4.78, 5) is 6.76. The average Bonchev–Trinajstić information content (AvgIpc) is 2.43. The minimum atomic E-state index is 0.308. The monoisotopic (exact) mass is 314 g/mol. The Balaban J connectivity index is 3.78. The molecule has 132 valence electrons. The standard InChI is InChI=1S/C17H38N4O/c1-14(2)21(15(3)4)12-8-10-19-17(18-7)20-11-9-13-22-16(5)6/h14-16H,8-13H2,1-7H3,(H2,18,19,20). The van der Waals surface area contributed by atoms with Crippen molar-refractivity contribution in [3.63, 3.8) is 0 Å². The van der Waals surface area contributed by atoms with Crippen molar-refractivity contribution in [1.29, 1.82) is 0 Å². The summed E-state index contributed by atoms with van der Waals surface area (Å²) in [5, 5.41) is 6.70. The summed E-state index contributed by atoms with van der Waals surface area (Å²) in [5.41, 5.74) is 0. The number of rotatable bonds is 11. The average molecular weight is 315 g/mol. The van der Waals surface area contributed by atoms with Gasteiger partial charge in [-0.1, -0.05) is 0 Å². The lowest BCUT2D eigenvalue weighted by atomic mass is 10.2. The molecular formula is C17H38N4O. The van der Waals surface area contributed by atoms with Crippen molar-refractivity contribution in [2.45, 2.75) is 72.6 Å². The van der Waals surface area contributed by atoms with Gasteiger partial charge in [0.05, 0.1) is 6.10 Å². The molecule has 2 N–H and O–H groups in total. The first-order chi connectivity index (χ1) is 10.4. The van der Waals surface area contributed by atoms with Gasteiger partial charge in [-0.05, 0) is 54.4 Å². The number of aliphatic imine (C=N–C) groups is 1. The lowest BCUT2D eigenvalue weighted by Gasteiger charge is -2.30. The molecule has 0 spiro atoms. The van der Waals surface area contributed by atoms with Crippen molar-refractivity contribution < 1.29 is 4.74 Å². The highest BCUT2D eigenvalue weighted by molar-refractivity contribution is 5.79. The molecule has 0 aromatic rings. The van der Waals surface area contributed by atoms with E-state index in [-0.39, 0.29) is 0 Å². The zero-order valence-electron chi connectivity index (χ0n) is 15.8. The van der Waals surface area contributed by atoms with Crippen LogP contribution >= 0.6 is 0 Å². The van der Waals surface area contributed by atoms with Gasteiger partial charge in [-0.15, -0.1) is 0 Å². The molecule has 0 aromatic carbocycles. The van der Waals surface area contributed by atoms with Crippen LogP contribution in [0.1, 0.15) is 54.4 Å². The molecule has 0 aromatic heterocycles. The maximum atomic E-state index is 5.52. The van der Waals surface area contributed by atoms with Gasteiger partial charge in [0, 0.05) is 45.4 Å². The molecule has 0 aliphatic carbocycles. The van der Waals surface area contributed by atoms with Gasteiger partial charge >= 0.3 is 0 Å². The zero-order chi connectivity index (χ0) is 17.0. The fourth-order valence-corrected chi connectivity index (χ4v) is 2.40. The van der Waals surface area contributed by atoms with Crippen LogP contribution in [0.3, 0.4) is 0 Å². The first-order valence-electron chi connectivity index (χ1n) is 8.70. The third kappa shape index (κ3) is 10.9. The predicted octanol–water partition coefficient (Wildman–Crippen LogP) is 2.48. The van der Waals surface area contributed by atoms with Gasteiger partial charge < -0.3 is 15.4 Å². The Bertz CT molecular complexity index is 282. The fraction of sp³-hybridized carbons (Fsp3) is 0.941. The molecule has 0 amide bonds. The van der Waals surface area contributed by atoms with Crippen LogP contribution in [0.25, 0.3) is 0 Å². The van der Waals surface area contributed by atoms with E-state index in [1.165, 1.54) is 0 Å². The van der Waals surface area contributed by atoms with E-state index in [4.69, 9.17) is 4.74 Å². The number of hydrogen-bond acceptors (Lipinski definition) is 3. The minimum absolute atomic E-state index is 0.308. The van der Waals surface area contributed by atoms with Gasteiger partial charge in [0.15, 0.2) is 5.96 Å². The summed E-state index contributed by atoms with van der Waals surface area (Å²) in [5.74, 6) is 0.880. The Morgan fingerprint density at radius 1 is 0.955 bits per heavy atom. The van der Waals surface area contributed by atoms with E-state index < -0.39 is 0 Å². The quantitative estimate of drug-likeness (QED) is 0.349. The van der Waals surface area contributed by atoms with E-state index >= 15 is 0 Å². The van der Waals surface area contributed by atoms with Crippen molar-refractivity contribution in [1.82, 2.24) is 15.5 Å². The van der Waals surface area contributed by atoms with Gasteiger partial charge in [0.1, 0.15) is 0 Å². The van der Waals surface area contributed by atoms with Crippen LogP contribution in [-0.4, -0.2) is 62.3 Å². The van der Waals surface area contributed by atoms with E-state index in [2.05, 4.69) is 62.1 Å². The van der Waals surface area contributed by atoms with E-state index in [0.717, 1.165) is 45.0 Å². The molecular weight excluding hydrogens is 276 g/mol. The summed E-state index contributed by atoms with van der Waals surface area (Å²) in [6.07, 6.45) is 2.42. The fourth-order valence-electron chi connectivity index (χ4n) is 2.40. The molecule has 22 heavy (non-hydrogen) atoms. The molecule has 0 aliphatic rings. The van der Waals surface area contributed by atoms with Crippen molar-refractivity contribution in [2.75, 3.05) is 33.3 Å². The Morgan fingerprint density at radius 3 is 1.95 bits per heavy atom. The van der Waals surface area contributed by atoms with Crippen molar-refractivity contribution >= 4 is 5.96 Å². The van der Waals surface area contributed by atoms with Gasteiger partial charge in [-0.2, -0.15) is 0 Å². The summed E-state index contributed by atoms with van der Waals surface area (Å²) < 4.78 is 5.52. The van der Waals surface area contributed by atoms with E-state index in [1.807, 2.05) is 7.05 Å². The summed E-state index contributed by atoms with van der Waals surface area (Å²) in [7, 11) is 1.81. The number of ether oxygens (including phenoxy) is 1. The van der Waals surface area contributed by atoms with Crippen LogP contribution in [0.2, 0.25) is 0 Å². The molecule has 0 atom stereocenters. The van der Waals surface area contributed by atoms with E-state index in [1.54, 1.807) is 0 Å². The summed E-state index contributed by atoms with van der Waals surface area (Å²) in [6, 6.07) is 1.19. The molecule has 0 rings (SSSR count). The molecule has 0 unspecified atom stereocenters. The Kier molecular flexibility index (Phi) is 12.2. The molecule has 5 heteroatoms. The largest absolute Gasteiger partial charge is 0.379 e. The maximum Gasteiger partial charge on any atom is 0.190 e. The Labute approximate surface area is 137 Å². The zero-order valence-corrected chi connectivity index (χ0v) is 15.8. The number of nitrogens with one attached hydrogen (secondary N) is 2. The Morgan fingerprint density at radius 2 is 1.50 bits per heavy atom. The number of guanidine groups is 1. The van der Waals surface area contributed by atoms with Gasteiger partial charge in [-0.3, -0.25) is 9.89 Å². The first kappa shape index (κ1) is 21.2. The lowest BCUT2D eigenvalue weighted by molar-refractivity contribution is 0.0776. The maximum absolute atomic E-state index is 5.52. The third-order valence-electron chi connectivity index (χ3n) is 3.50. The first-order valence-corrected chi connectivity index (χ1v) is 8.70. The smallest absolute Gasteiger partial charge is 0.190 e.